The summed E-state index contributed by atoms with van der Waals surface area (Å²) in [5, 5.41) is 4.88. The number of aromatic nitrogens is 1. The SMILES string of the molecule is Cc1cc(C)c(CNC(=O)c2csc(C(C)[C@H]3CC[C@H](N)CC3)c2C)c(=O)[nH]1. The van der Waals surface area contributed by atoms with Crippen molar-refractivity contribution in [2.24, 2.45) is 11.7 Å². The van der Waals surface area contributed by atoms with E-state index in [2.05, 4.69) is 17.2 Å². The zero-order valence-corrected chi connectivity index (χ0v) is 18.0. The van der Waals surface area contributed by atoms with Gasteiger partial charge in [0.15, 0.2) is 0 Å². The van der Waals surface area contributed by atoms with Crippen molar-refractivity contribution in [3.05, 3.63) is 54.6 Å². The van der Waals surface area contributed by atoms with Crippen LogP contribution in [0.1, 0.15) is 76.1 Å². The van der Waals surface area contributed by atoms with Gasteiger partial charge in [0.1, 0.15) is 0 Å². The number of amides is 1. The average molecular weight is 402 g/mol. The maximum Gasteiger partial charge on any atom is 0.253 e. The Morgan fingerprint density at radius 3 is 2.61 bits per heavy atom. The minimum absolute atomic E-state index is 0.114. The lowest BCUT2D eigenvalue weighted by molar-refractivity contribution is 0.0950. The largest absolute Gasteiger partial charge is 0.348 e. The second-order valence-electron chi connectivity index (χ2n) is 8.23. The third-order valence-corrected chi connectivity index (χ3v) is 7.46. The Labute approximate surface area is 170 Å². The molecule has 0 aliphatic heterocycles. The van der Waals surface area contributed by atoms with Gasteiger partial charge in [-0.15, -0.1) is 11.3 Å². The van der Waals surface area contributed by atoms with Crippen LogP contribution in [0, 0.1) is 26.7 Å². The molecule has 6 heteroatoms. The van der Waals surface area contributed by atoms with Gasteiger partial charge in [0.05, 0.1) is 5.56 Å². The molecule has 1 saturated carbocycles. The first kappa shape index (κ1) is 20.8. The Hall–Kier alpha value is -1.92. The van der Waals surface area contributed by atoms with E-state index < -0.39 is 0 Å². The van der Waals surface area contributed by atoms with Crippen molar-refractivity contribution in [3.63, 3.8) is 0 Å². The van der Waals surface area contributed by atoms with Crippen LogP contribution in [-0.4, -0.2) is 16.9 Å². The predicted octanol–water partition coefficient (Wildman–Crippen LogP) is 3.91. The highest BCUT2D eigenvalue weighted by Crippen LogP contribution is 2.39. The molecule has 2 heterocycles. The molecule has 1 unspecified atom stereocenters. The highest BCUT2D eigenvalue weighted by molar-refractivity contribution is 7.10. The molecule has 0 aromatic carbocycles. The van der Waals surface area contributed by atoms with Crippen LogP contribution in [-0.2, 0) is 6.54 Å². The molecule has 0 radical (unpaired) electrons. The lowest BCUT2D eigenvalue weighted by Gasteiger charge is -2.30. The molecule has 2 aromatic heterocycles. The van der Waals surface area contributed by atoms with Crippen LogP contribution in [0.4, 0.5) is 0 Å². The van der Waals surface area contributed by atoms with E-state index in [-0.39, 0.29) is 18.0 Å². The number of carbonyl (C=O) groups excluding carboxylic acids is 1. The van der Waals surface area contributed by atoms with Crippen molar-refractivity contribution in [2.75, 3.05) is 0 Å². The fourth-order valence-corrected chi connectivity index (χ4v) is 5.55. The first-order valence-electron chi connectivity index (χ1n) is 10.1. The Morgan fingerprint density at radius 1 is 1.29 bits per heavy atom. The van der Waals surface area contributed by atoms with E-state index in [0.29, 0.717) is 23.4 Å². The number of hydrogen-bond donors (Lipinski definition) is 3. The van der Waals surface area contributed by atoms with Crippen molar-refractivity contribution < 1.29 is 4.79 Å². The summed E-state index contributed by atoms with van der Waals surface area (Å²) in [6, 6.07) is 2.27. The molecule has 2 aromatic rings. The van der Waals surface area contributed by atoms with Gasteiger partial charge in [0.25, 0.3) is 11.5 Å². The van der Waals surface area contributed by atoms with Crippen LogP contribution in [0.2, 0.25) is 0 Å². The fourth-order valence-electron chi connectivity index (χ4n) is 4.33. The minimum atomic E-state index is -0.135. The molecule has 3 rings (SSSR count). The van der Waals surface area contributed by atoms with Gasteiger partial charge in [-0.25, -0.2) is 0 Å². The molecule has 1 aliphatic rings. The van der Waals surface area contributed by atoms with Gasteiger partial charge in [-0.3, -0.25) is 9.59 Å². The van der Waals surface area contributed by atoms with Crippen molar-refractivity contribution in [1.82, 2.24) is 10.3 Å². The number of nitrogens with one attached hydrogen (secondary N) is 2. The smallest absolute Gasteiger partial charge is 0.253 e. The van der Waals surface area contributed by atoms with Gasteiger partial charge < -0.3 is 16.0 Å². The quantitative estimate of drug-likeness (QED) is 0.710. The molecule has 1 fully saturated rings. The van der Waals surface area contributed by atoms with Crippen molar-refractivity contribution >= 4 is 17.2 Å². The standard InChI is InChI=1S/C22H31N3O2S/c1-12-9-13(2)25-22(27)18(12)10-24-21(26)19-11-28-20(15(19)4)14(3)16-5-7-17(23)8-6-16/h9,11,14,16-17H,5-8,10,23H2,1-4H3,(H,24,26)(H,25,27)/t14?,16-,17-. The Kier molecular flexibility index (Phi) is 6.40. The van der Waals surface area contributed by atoms with Crippen LogP contribution in [0.15, 0.2) is 16.2 Å². The van der Waals surface area contributed by atoms with Crippen molar-refractivity contribution in [2.45, 2.75) is 71.9 Å². The number of carbonyl (C=O) groups is 1. The predicted molar refractivity (Wildman–Crippen MR) is 115 cm³/mol. The summed E-state index contributed by atoms with van der Waals surface area (Å²) >= 11 is 1.68. The monoisotopic (exact) mass is 401 g/mol. The maximum absolute atomic E-state index is 12.8. The maximum atomic E-state index is 12.8. The van der Waals surface area contributed by atoms with Gasteiger partial charge in [-0.1, -0.05) is 6.92 Å². The summed E-state index contributed by atoms with van der Waals surface area (Å²) in [6.07, 6.45) is 4.52. The first-order valence-corrected chi connectivity index (χ1v) is 11.0. The van der Waals surface area contributed by atoms with E-state index in [9.17, 15) is 9.59 Å². The second-order valence-corrected chi connectivity index (χ2v) is 9.14. The van der Waals surface area contributed by atoms with E-state index in [1.165, 1.54) is 4.88 Å². The number of aryl methyl sites for hydroxylation is 2. The van der Waals surface area contributed by atoms with E-state index in [1.807, 2.05) is 32.2 Å². The summed E-state index contributed by atoms with van der Waals surface area (Å²) in [6.45, 7) is 8.30. The van der Waals surface area contributed by atoms with Gasteiger partial charge in [0, 0.05) is 34.1 Å². The Bertz CT molecular complexity index is 907. The normalized spacial score (nSPS) is 20.8. The van der Waals surface area contributed by atoms with E-state index in [0.717, 1.165) is 48.1 Å². The van der Waals surface area contributed by atoms with Gasteiger partial charge in [0.2, 0.25) is 0 Å². The first-order chi connectivity index (χ1) is 13.3. The number of hydrogen-bond acceptors (Lipinski definition) is 4. The van der Waals surface area contributed by atoms with Crippen LogP contribution < -0.4 is 16.6 Å². The lowest BCUT2D eigenvalue weighted by atomic mass is 9.78. The van der Waals surface area contributed by atoms with E-state index in [4.69, 9.17) is 5.73 Å². The van der Waals surface area contributed by atoms with Gasteiger partial charge in [-0.2, -0.15) is 0 Å². The highest BCUT2D eigenvalue weighted by atomic mass is 32.1. The van der Waals surface area contributed by atoms with Crippen LogP contribution in [0.25, 0.3) is 0 Å². The van der Waals surface area contributed by atoms with Crippen LogP contribution in [0.5, 0.6) is 0 Å². The van der Waals surface area contributed by atoms with E-state index >= 15 is 0 Å². The van der Waals surface area contributed by atoms with Crippen LogP contribution >= 0.6 is 11.3 Å². The highest BCUT2D eigenvalue weighted by Gasteiger charge is 2.27. The van der Waals surface area contributed by atoms with E-state index in [1.54, 1.807) is 11.3 Å². The zero-order valence-electron chi connectivity index (χ0n) is 17.2. The number of thiophene rings is 1. The summed E-state index contributed by atoms with van der Waals surface area (Å²) in [5.74, 6) is 0.973. The number of H-pyrrole nitrogens is 1. The summed E-state index contributed by atoms with van der Waals surface area (Å²) < 4.78 is 0. The summed E-state index contributed by atoms with van der Waals surface area (Å²) in [7, 11) is 0. The molecule has 1 aliphatic carbocycles. The molecule has 152 valence electrons. The molecule has 0 spiro atoms. The molecule has 0 saturated heterocycles. The zero-order chi connectivity index (χ0) is 20.4. The summed E-state index contributed by atoms with van der Waals surface area (Å²) in [5.41, 5.74) is 10.0. The third-order valence-electron chi connectivity index (χ3n) is 6.18. The van der Waals surface area contributed by atoms with Gasteiger partial charge >= 0.3 is 0 Å². The van der Waals surface area contributed by atoms with Crippen molar-refractivity contribution in [1.29, 1.82) is 0 Å². The van der Waals surface area contributed by atoms with Crippen molar-refractivity contribution in [3.8, 4) is 0 Å². The molecule has 0 bridgehead atoms. The molecule has 5 nitrogen and oxygen atoms in total. The second kappa shape index (κ2) is 8.62. The van der Waals surface area contributed by atoms with Gasteiger partial charge in [-0.05, 0) is 75.5 Å². The summed E-state index contributed by atoms with van der Waals surface area (Å²) in [4.78, 5) is 29.0. The lowest BCUT2D eigenvalue weighted by Crippen LogP contribution is -2.29. The minimum Gasteiger partial charge on any atom is -0.348 e. The third kappa shape index (κ3) is 4.39. The number of pyridine rings is 1. The molecule has 1 amide bonds. The average Bonchev–Trinajstić information content (AvgIpc) is 3.02. The molecular weight excluding hydrogens is 370 g/mol. The molecular formula is C22H31N3O2S. The number of aromatic amines is 1. The van der Waals surface area contributed by atoms with Crippen LogP contribution in [0.3, 0.4) is 0 Å². The Balaban J connectivity index is 1.69. The topological polar surface area (TPSA) is 88.0 Å². The molecule has 28 heavy (non-hydrogen) atoms. The molecule has 4 N–H and O–H groups in total. The molecule has 1 atom stereocenters. The number of rotatable bonds is 5. The Morgan fingerprint density at radius 2 is 1.96 bits per heavy atom. The fraction of sp³-hybridized carbons (Fsp3) is 0.545. The number of nitrogens with two attached hydrogens (primary N) is 1.